The molecule has 0 aliphatic heterocycles. The molecule has 17 heavy (non-hydrogen) atoms. The maximum Gasteiger partial charge on any atom is 0.152 e. The first kappa shape index (κ1) is 12.2. The molecule has 4 N–H and O–H groups in total. The van der Waals surface area contributed by atoms with Crippen LogP contribution in [0.25, 0.3) is 11.3 Å². The predicted octanol–water partition coefficient (Wildman–Crippen LogP) is 3.27. The van der Waals surface area contributed by atoms with Gasteiger partial charge in [-0.25, -0.2) is 9.97 Å². The van der Waals surface area contributed by atoms with Crippen LogP contribution in [0.15, 0.2) is 18.3 Å². The Balaban J connectivity index is 2.68. The van der Waals surface area contributed by atoms with E-state index in [9.17, 15) is 0 Å². The van der Waals surface area contributed by atoms with Crippen LogP contribution in [0.2, 0.25) is 15.1 Å². The lowest BCUT2D eigenvalue weighted by Crippen LogP contribution is -2.01. The van der Waals surface area contributed by atoms with Gasteiger partial charge >= 0.3 is 0 Å². The smallest absolute Gasteiger partial charge is 0.152 e. The number of hydrogen-bond acceptors (Lipinski definition) is 4. The van der Waals surface area contributed by atoms with Crippen LogP contribution in [0.3, 0.4) is 0 Å². The molecule has 0 spiro atoms. The average molecular weight is 290 g/mol. The molecule has 1 aromatic carbocycles. The minimum absolute atomic E-state index is 0.172. The van der Waals surface area contributed by atoms with E-state index in [0.29, 0.717) is 26.3 Å². The molecule has 0 fully saturated rings. The maximum atomic E-state index is 6.07. The molecule has 2 rings (SSSR count). The van der Waals surface area contributed by atoms with Crippen LogP contribution >= 0.6 is 34.8 Å². The van der Waals surface area contributed by atoms with E-state index in [1.165, 1.54) is 12.3 Å². The summed E-state index contributed by atoms with van der Waals surface area (Å²) in [6.07, 6.45) is 1.39. The summed E-state index contributed by atoms with van der Waals surface area (Å²) in [4.78, 5) is 7.98. The Morgan fingerprint density at radius 3 is 2.41 bits per heavy atom. The van der Waals surface area contributed by atoms with Crippen LogP contribution < -0.4 is 11.5 Å². The van der Waals surface area contributed by atoms with Crippen molar-refractivity contribution in [3.8, 4) is 11.3 Å². The molecule has 0 unspecified atom stereocenters. The molecule has 0 amide bonds. The molecular weight excluding hydrogens is 282 g/mol. The number of hydrogen-bond donors (Lipinski definition) is 2. The summed E-state index contributed by atoms with van der Waals surface area (Å²) in [6.45, 7) is 0. The standard InChI is InChI=1S/C10H7Cl3N4/c11-4-1-5(8(13)6(12)2-4)9-10(15)17-7(14)3-16-9/h1-3H,(H4,14,15,17). The molecule has 0 saturated carbocycles. The lowest BCUT2D eigenvalue weighted by Gasteiger charge is -2.08. The van der Waals surface area contributed by atoms with Crippen molar-refractivity contribution in [2.24, 2.45) is 0 Å². The van der Waals surface area contributed by atoms with E-state index in [0.717, 1.165) is 0 Å². The van der Waals surface area contributed by atoms with E-state index in [1.54, 1.807) is 6.07 Å². The van der Waals surface area contributed by atoms with Gasteiger partial charge in [-0.2, -0.15) is 0 Å². The Bertz CT molecular complexity index is 586. The van der Waals surface area contributed by atoms with Gasteiger partial charge in [-0.05, 0) is 12.1 Å². The maximum absolute atomic E-state index is 6.07. The molecule has 1 heterocycles. The van der Waals surface area contributed by atoms with E-state index in [-0.39, 0.29) is 11.6 Å². The van der Waals surface area contributed by atoms with E-state index in [1.807, 2.05) is 0 Å². The average Bonchev–Trinajstić information content (AvgIpc) is 2.24. The Labute approximate surface area is 113 Å². The molecule has 0 aliphatic carbocycles. The van der Waals surface area contributed by atoms with Crippen molar-refractivity contribution in [3.05, 3.63) is 33.4 Å². The number of nitrogen functional groups attached to an aromatic ring is 2. The second-order valence-electron chi connectivity index (χ2n) is 3.28. The summed E-state index contributed by atoms with van der Waals surface area (Å²) in [5, 5.41) is 1.08. The molecule has 0 aliphatic rings. The molecule has 4 nitrogen and oxygen atoms in total. The lowest BCUT2D eigenvalue weighted by molar-refractivity contribution is 1.22. The van der Waals surface area contributed by atoms with E-state index in [2.05, 4.69) is 9.97 Å². The third kappa shape index (κ3) is 2.39. The van der Waals surface area contributed by atoms with Crippen molar-refractivity contribution in [1.82, 2.24) is 9.97 Å². The van der Waals surface area contributed by atoms with Crippen molar-refractivity contribution in [1.29, 1.82) is 0 Å². The third-order valence-corrected chi connectivity index (χ3v) is 3.09. The van der Waals surface area contributed by atoms with Crippen LogP contribution in [-0.4, -0.2) is 9.97 Å². The highest BCUT2D eigenvalue weighted by molar-refractivity contribution is 6.45. The Morgan fingerprint density at radius 2 is 1.76 bits per heavy atom. The Morgan fingerprint density at radius 1 is 1.06 bits per heavy atom. The highest BCUT2D eigenvalue weighted by Gasteiger charge is 2.13. The van der Waals surface area contributed by atoms with Crippen LogP contribution in [0.4, 0.5) is 11.6 Å². The molecule has 0 bridgehead atoms. The number of halogens is 3. The van der Waals surface area contributed by atoms with E-state index in [4.69, 9.17) is 46.3 Å². The first-order chi connectivity index (χ1) is 7.99. The SMILES string of the molecule is Nc1cnc(-c2cc(Cl)cc(Cl)c2Cl)c(N)n1. The summed E-state index contributed by atoms with van der Waals surface area (Å²) in [7, 11) is 0. The van der Waals surface area contributed by atoms with Crippen LogP contribution in [0, 0.1) is 0 Å². The quantitative estimate of drug-likeness (QED) is 0.790. The molecule has 88 valence electrons. The zero-order valence-corrected chi connectivity index (χ0v) is 10.7. The second-order valence-corrected chi connectivity index (χ2v) is 4.50. The normalized spacial score (nSPS) is 10.5. The summed E-state index contributed by atoms with van der Waals surface area (Å²) in [6, 6.07) is 3.15. The number of aromatic nitrogens is 2. The first-order valence-electron chi connectivity index (χ1n) is 4.52. The molecule has 0 radical (unpaired) electrons. The minimum atomic E-state index is 0.172. The van der Waals surface area contributed by atoms with Gasteiger partial charge in [0.25, 0.3) is 0 Å². The van der Waals surface area contributed by atoms with Crippen LogP contribution in [0.5, 0.6) is 0 Å². The third-order valence-electron chi connectivity index (χ3n) is 2.07. The Hall–Kier alpha value is -1.23. The molecule has 2 aromatic rings. The van der Waals surface area contributed by atoms with Gasteiger partial charge in [0.15, 0.2) is 5.82 Å². The van der Waals surface area contributed by atoms with E-state index >= 15 is 0 Å². The van der Waals surface area contributed by atoms with Crippen molar-refractivity contribution >= 4 is 46.4 Å². The van der Waals surface area contributed by atoms with Gasteiger partial charge in [0, 0.05) is 10.6 Å². The number of anilines is 2. The lowest BCUT2D eigenvalue weighted by atomic mass is 10.1. The van der Waals surface area contributed by atoms with Crippen molar-refractivity contribution in [2.45, 2.75) is 0 Å². The van der Waals surface area contributed by atoms with Crippen LogP contribution in [-0.2, 0) is 0 Å². The van der Waals surface area contributed by atoms with Gasteiger partial charge in [-0.3, -0.25) is 0 Å². The summed E-state index contributed by atoms with van der Waals surface area (Å²) in [5.74, 6) is 0.403. The van der Waals surface area contributed by atoms with E-state index < -0.39 is 0 Å². The van der Waals surface area contributed by atoms with Gasteiger partial charge in [0.05, 0.1) is 16.2 Å². The van der Waals surface area contributed by atoms with Gasteiger partial charge < -0.3 is 11.5 Å². The van der Waals surface area contributed by atoms with Crippen molar-refractivity contribution in [3.63, 3.8) is 0 Å². The highest BCUT2D eigenvalue weighted by atomic mass is 35.5. The summed E-state index contributed by atoms with van der Waals surface area (Å²) >= 11 is 17.9. The summed E-state index contributed by atoms with van der Waals surface area (Å²) in [5.41, 5.74) is 12.1. The molecule has 1 aromatic heterocycles. The Kier molecular flexibility index (Phi) is 3.28. The molecule has 0 saturated heterocycles. The largest absolute Gasteiger partial charge is 0.382 e. The fraction of sp³-hybridized carbons (Fsp3) is 0. The van der Waals surface area contributed by atoms with Gasteiger partial charge in [-0.15, -0.1) is 0 Å². The van der Waals surface area contributed by atoms with Gasteiger partial charge in [0.1, 0.15) is 11.5 Å². The van der Waals surface area contributed by atoms with Crippen molar-refractivity contribution < 1.29 is 0 Å². The van der Waals surface area contributed by atoms with Crippen LogP contribution in [0.1, 0.15) is 0 Å². The highest BCUT2D eigenvalue weighted by Crippen LogP contribution is 2.37. The molecule has 7 heteroatoms. The molecular formula is C10H7Cl3N4. The first-order valence-corrected chi connectivity index (χ1v) is 5.65. The fourth-order valence-corrected chi connectivity index (χ4v) is 2.05. The minimum Gasteiger partial charge on any atom is -0.382 e. The number of rotatable bonds is 1. The second kappa shape index (κ2) is 4.56. The number of nitrogens with two attached hydrogens (primary N) is 2. The molecule has 0 atom stereocenters. The van der Waals surface area contributed by atoms with Gasteiger partial charge in [0.2, 0.25) is 0 Å². The fourth-order valence-electron chi connectivity index (χ4n) is 1.35. The van der Waals surface area contributed by atoms with Gasteiger partial charge in [-0.1, -0.05) is 34.8 Å². The number of nitrogens with zero attached hydrogens (tertiary/aromatic N) is 2. The number of benzene rings is 1. The summed E-state index contributed by atoms with van der Waals surface area (Å²) < 4.78 is 0. The topological polar surface area (TPSA) is 77.8 Å². The van der Waals surface area contributed by atoms with Crippen molar-refractivity contribution in [2.75, 3.05) is 11.5 Å². The zero-order chi connectivity index (χ0) is 12.6. The predicted molar refractivity (Wildman–Crippen MR) is 71.3 cm³/mol. The monoisotopic (exact) mass is 288 g/mol. The zero-order valence-electron chi connectivity index (χ0n) is 8.42.